The summed E-state index contributed by atoms with van der Waals surface area (Å²) >= 11 is 0. The maximum absolute atomic E-state index is 5.16. The molecular weight excluding hydrogens is 296 g/mol. The Bertz CT molecular complexity index is 579. The predicted octanol–water partition coefficient (Wildman–Crippen LogP) is 4.50. The van der Waals surface area contributed by atoms with E-state index >= 15 is 0 Å². The number of aryl methyl sites for hydroxylation is 1. The van der Waals surface area contributed by atoms with E-state index in [0.29, 0.717) is 0 Å². The number of hydrogen-bond donors (Lipinski definition) is 1. The first kappa shape index (κ1) is 18.2. The number of ether oxygens (including phenoxy) is 1. The SMILES string of the molecule is COc1ccc(/C=C/CCCNCCCCc2cccnc2)cc1. The minimum atomic E-state index is 0.903. The number of aromatic nitrogens is 1. The van der Waals surface area contributed by atoms with E-state index in [-0.39, 0.29) is 0 Å². The molecule has 0 saturated carbocycles. The van der Waals surface area contributed by atoms with Gasteiger partial charge in [-0.2, -0.15) is 0 Å². The highest BCUT2D eigenvalue weighted by Gasteiger charge is 1.93. The maximum Gasteiger partial charge on any atom is 0.118 e. The first-order chi connectivity index (χ1) is 11.9. The molecule has 0 unspecified atom stereocenters. The fraction of sp³-hybridized carbons (Fsp3) is 0.381. The van der Waals surface area contributed by atoms with Gasteiger partial charge < -0.3 is 10.1 Å². The summed E-state index contributed by atoms with van der Waals surface area (Å²) in [4.78, 5) is 4.14. The highest BCUT2D eigenvalue weighted by molar-refractivity contribution is 5.50. The molecule has 0 radical (unpaired) electrons. The molecule has 0 aliphatic rings. The van der Waals surface area contributed by atoms with E-state index in [1.807, 2.05) is 30.6 Å². The summed E-state index contributed by atoms with van der Waals surface area (Å²) in [6, 6.07) is 12.3. The van der Waals surface area contributed by atoms with Crippen molar-refractivity contribution in [1.82, 2.24) is 10.3 Å². The molecule has 0 atom stereocenters. The number of methoxy groups -OCH3 is 1. The Kier molecular flexibility index (Phi) is 8.66. The summed E-state index contributed by atoms with van der Waals surface area (Å²) in [5, 5.41) is 3.52. The highest BCUT2D eigenvalue weighted by atomic mass is 16.5. The second-order valence-corrected chi connectivity index (χ2v) is 5.89. The molecule has 0 amide bonds. The topological polar surface area (TPSA) is 34.1 Å². The Balaban J connectivity index is 1.45. The standard InChI is InChI=1S/C21H28N2O/c1-24-21-13-11-19(12-14-21)8-3-2-5-15-22-16-6-4-9-20-10-7-17-23-18-20/h3,7-8,10-14,17-18,22H,2,4-6,9,15-16H2,1H3/b8-3+. The molecular formula is C21H28N2O. The number of nitrogens with one attached hydrogen (secondary N) is 1. The van der Waals surface area contributed by atoms with Gasteiger partial charge in [0.2, 0.25) is 0 Å². The second kappa shape index (κ2) is 11.4. The van der Waals surface area contributed by atoms with Crippen LogP contribution in [-0.2, 0) is 6.42 Å². The number of rotatable bonds is 11. The minimum Gasteiger partial charge on any atom is -0.497 e. The molecule has 1 N–H and O–H groups in total. The number of hydrogen-bond acceptors (Lipinski definition) is 3. The van der Waals surface area contributed by atoms with E-state index in [1.54, 1.807) is 7.11 Å². The van der Waals surface area contributed by atoms with E-state index in [1.165, 1.54) is 30.4 Å². The van der Waals surface area contributed by atoms with Crippen LogP contribution in [0.2, 0.25) is 0 Å². The summed E-state index contributed by atoms with van der Waals surface area (Å²) in [6.45, 7) is 2.18. The average molecular weight is 324 g/mol. The van der Waals surface area contributed by atoms with Gasteiger partial charge >= 0.3 is 0 Å². The summed E-state index contributed by atoms with van der Waals surface area (Å²) in [5.74, 6) is 0.903. The highest BCUT2D eigenvalue weighted by Crippen LogP contribution is 2.12. The Labute approximate surface area is 145 Å². The van der Waals surface area contributed by atoms with Crippen LogP contribution >= 0.6 is 0 Å². The van der Waals surface area contributed by atoms with Crippen LogP contribution in [0.3, 0.4) is 0 Å². The number of benzene rings is 1. The molecule has 3 nitrogen and oxygen atoms in total. The normalized spacial score (nSPS) is 11.0. The van der Waals surface area contributed by atoms with Crippen molar-refractivity contribution in [1.29, 1.82) is 0 Å². The van der Waals surface area contributed by atoms with Gasteiger partial charge in [0.05, 0.1) is 7.11 Å². The molecule has 2 aromatic rings. The van der Waals surface area contributed by atoms with E-state index < -0.39 is 0 Å². The molecule has 0 fully saturated rings. The van der Waals surface area contributed by atoms with Gasteiger partial charge in [-0.15, -0.1) is 0 Å². The van der Waals surface area contributed by atoms with Gasteiger partial charge in [0.15, 0.2) is 0 Å². The Morgan fingerprint density at radius 2 is 1.88 bits per heavy atom. The largest absolute Gasteiger partial charge is 0.497 e. The molecule has 1 heterocycles. The van der Waals surface area contributed by atoms with Crippen LogP contribution in [0.5, 0.6) is 5.75 Å². The first-order valence-electron chi connectivity index (χ1n) is 8.79. The van der Waals surface area contributed by atoms with E-state index in [9.17, 15) is 0 Å². The maximum atomic E-state index is 5.16. The third-order valence-corrected chi connectivity index (χ3v) is 3.94. The molecule has 1 aromatic heterocycles. The summed E-state index contributed by atoms with van der Waals surface area (Å²) < 4.78 is 5.16. The van der Waals surface area contributed by atoms with Crippen LogP contribution in [0.4, 0.5) is 0 Å². The predicted molar refractivity (Wildman–Crippen MR) is 101 cm³/mol. The number of unbranched alkanes of at least 4 members (excludes halogenated alkanes) is 2. The molecule has 0 bridgehead atoms. The van der Waals surface area contributed by atoms with Gasteiger partial charge in [0, 0.05) is 12.4 Å². The second-order valence-electron chi connectivity index (χ2n) is 5.89. The van der Waals surface area contributed by atoms with E-state index in [0.717, 1.165) is 31.7 Å². The Morgan fingerprint density at radius 1 is 1.04 bits per heavy atom. The van der Waals surface area contributed by atoms with Gasteiger partial charge in [-0.25, -0.2) is 0 Å². The number of nitrogens with zero attached hydrogens (tertiary/aromatic N) is 1. The van der Waals surface area contributed by atoms with Crippen molar-refractivity contribution in [3.63, 3.8) is 0 Å². The molecule has 3 heteroatoms. The van der Waals surface area contributed by atoms with Crippen LogP contribution in [0, 0.1) is 0 Å². The van der Waals surface area contributed by atoms with Crippen molar-refractivity contribution < 1.29 is 4.74 Å². The van der Waals surface area contributed by atoms with Gasteiger partial charge in [0.1, 0.15) is 5.75 Å². The third-order valence-electron chi connectivity index (χ3n) is 3.94. The van der Waals surface area contributed by atoms with Crippen molar-refractivity contribution >= 4 is 6.08 Å². The fourth-order valence-electron chi connectivity index (χ4n) is 2.53. The smallest absolute Gasteiger partial charge is 0.118 e. The summed E-state index contributed by atoms with van der Waals surface area (Å²) in [7, 11) is 1.69. The molecule has 0 aliphatic heterocycles. The van der Waals surface area contributed by atoms with Crippen molar-refractivity contribution in [2.75, 3.05) is 20.2 Å². The monoisotopic (exact) mass is 324 g/mol. The lowest BCUT2D eigenvalue weighted by molar-refractivity contribution is 0.415. The van der Waals surface area contributed by atoms with E-state index in [4.69, 9.17) is 4.74 Å². The van der Waals surface area contributed by atoms with Crippen molar-refractivity contribution in [3.05, 3.63) is 66.0 Å². The van der Waals surface area contributed by atoms with Gasteiger partial charge in [-0.05, 0) is 74.5 Å². The molecule has 128 valence electrons. The minimum absolute atomic E-state index is 0.903. The lowest BCUT2D eigenvalue weighted by atomic mass is 10.1. The quantitative estimate of drug-likeness (QED) is 0.618. The van der Waals surface area contributed by atoms with Crippen LogP contribution < -0.4 is 10.1 Å². The van der Waals surface area contributed by atoms with Gasteiger partial charge in [0.25, 0.3) is 0 Å². The van der Waals surface area contributed by atoms with E-state index in [2.05, 4.69) is 40.7 Å². The zero-order chi connectivity index (χ0) is 16.9. The summed E-state index contributed by atoms with van der Waals surface area (Å²) in [6.07, 6.45) is 14.0. The van der Waals surface area contributed by atoms with Crippen LogP contribution in [0.25, 0.3) is 6.08 Å². The molecule has 0 saturated heterocycles. The fourth-order valence-corrected chi connectivity index (χ4v) is 2.53. The Morgan fingerprint density at radius 3 is 2.62 bits per heavy atom. The van der Waals surface area contributed by atoms with Crippen molar-refractivity contribution in [3.8, 4) is 5.75 Å². The van der Waals surface area contributed by atoms with Crippen LogP contribution in [0.1, 0.15) is 36.8 Å². The average Bonchev–Trinajstić information content (AvgIpc) is 2.64. The van der Waals surface area contributed by atoms with Crippen LogP contribution in [0.15, 0.2) is 54.9 Å². The molecule has 0 spiro atoms. The molecule has 0 aliphatic carbocycles. The number of pyridine rings is 1. The van der Waals surface area contributed by atoms with Crippen molar-refractivity contribution in [2.24, 2.45) is 0 Å². The first-order valence-corrected chi connectivity index (χ1v) is 8.79. The molecule has 24 heavy (non-hydrogen) atoms. The molecule has 1 aromatic carbocycles. The van der Waals surface area contributed by atoms with Gasteiger partial charge in [-0.1, -0.05) is 30.4 Å². The van der Waals surface area contributed by atoms with Gasteiger partial charge in [-0.3, -0.25) is 4.98 Å². The lowest BCUT2D eigenvalue weighted by Gasteiger charge is -2.04. The molecule has 2 rings (SSSR count). The third kappa shape index (κ3) is 7.42. The van der Waals surface area contributed by atoms with Crippen LogP contribution in [-0.4, -0.2) is 25.2 Å². The number of allylic oxidation sites excluding steroid dienone is 1. The zero-order valence-corrected chi connectivity index (χ0v) is 14.6. The zero-order valence-electron chi connectivity index (χ0n) is 14.6. The Hall–Kier alpha value is -2.13. The van der Waals surface area contributed by atoms with Crippen molar-refractivity contribution in [2.45, 2.75) is 32.1 Å². The summed E-state index contributed by atoms with van der Waals surface area (Å²) in [5.41, 5.74) is 2.56. The lowest BCUT2D eigenvalue weighted by Crippen LogP contribution is -2.16.